The number of hydrogen-bond donors (Lipinski definition) is 4. The zero-order chi connectivity index (χ0) is 23.4. The minimum absolute atomic E-state index is 0.139. The lowest BCUT2D eigenvalue weighted by Gasteiger charge is -2.22. The zero-order valence-corrected chi connectivity index (χ0v) is 18.1. The van der Waals surface area contributed by atoms with Gasteiger partial charge in [-0.15, -0.1) is 0 Å². The lowest BCUT2D eigenvalue weighted by Crippen LogP contribution is -2.30. The Labute approximate surface area is 188 Å². The van der Waals surface area contributed by atoms with Gasteiger partial charge in [-0.05, 0) is 44.3 Å². The van der Waals surface area contributed by atoms with E-state index in [1.807, 2.05) is 0 Å². The van der Waals surface area contributed by atoms with Crippen LogP contribution < -0.4 is 16.0 Å². The van der Waals surface area contributed by atoms with Gasteiger partial charge in [-0.2, -0.15) is 13.2 Å². The fourth-order valence-corrected chi connectivity index (χ4v) is 4.05. The van der Waals surface area contributed by atoms with Crippen LogP contribution in [0.1, 0.15) is 24.8 Å². The van der Waals surface area contributed by atoms with Crippen LogP contribution in [-0.4, -0.2) is 47.8 Å². The lowest BCUT2D eigenvalue weighted by molar-refractivity contribution is -0.137. The smallest absolute Gasteiger partial charge is 0.419 e. The molecule has 4 rings (SSSR count). The van der Waals surface area contributed by atoms with Crippen molar-refractivity contribution < 1.29 is 22.7 Å². The summed E-state index contributed by atoms with van der Waals surface area (Å²) in [5, 5.41) is 9.44. The van der Waals surface area contributed by atoms with Crippen molar-refractivity contribution in [2.75, 3.05) is 37.4 Å². The first kappa shape index (κ1) is 22.8. The third-order valence-electron chi connectivity index (χ3n) is 5.72. The van der Waals surface area contributed by atoms with Gasteiger partial charge in [-0.25, -0.2) is 14.8 Å². The van der Waals surface area contributed by atoms with Gasteiger partial charge in [0.05, 0.1) is 24.0 Å². The molecule has 0 saturated carbocycles. The summed E-state index contributed by atoms with van der Waals surface area (Å²) in [6.45, 7) is 2.53. The van der Waals surface area contributed by atoms with Crippen molar-refractivity contribution in [3.8, 4) is 11.3 Å². The lowest BCUT2D eigenvalue weighted by atomic mass is 9.96. The summed E-state index contributed by atoms with van der Waals surface area (Å²) in [5.41, 5.74) is -0.0677. The number of carbonyl (C=O) groups excluding carboxylic acids is 1. The molecule has 1 aromatic carbocycles. The number of aromatic amines is 1. The van der Waals surface area contributed by atoms with E-state index < -0.39 is 17.8 Å². The molecular formula is C22H25F3N6O2. The van der Waals surface area contributed by atoms with Crippen molar-refractivity contribution in [3.63, 3.8) is 0 Å². The van der Waals surface area contributed by atoms with E-state index in [1.54, 1.807) is 18.2 Å². The second kappa shape index (κ2) is 9.65. The minimum Gasteiger partial charge on any atom is -0.453 e. The summed E-state index contributed by atoms with van der Waals surface area (Å²) < 4.78 is 45.9. The summed E-state index contributed by atoms with van der Waals surface area (Å²) in [5.74, 6) is 0.662. The molecule has 1 amide bonds. The van der Waals surface area contributed by atoms with Gasteiger partial charge in [0.15, 0.2) is 0 Å². The van der Waals surface area contributed by atoms with E-state index in [9.17, 15) is 18.0 Å². The number of nitrogens with one attached hydrogen (secondary N) is 4. The highest BCUT2D eigenvalue weighted by Gasteiger charge is 2.36. The van der Waals surface area contributed by atoms with Crippen LogP contribution in [-0.2, 0) is 10.9 Å². The molecule has 0 aliphatic carbocycles. The van der Waals surface area contributed by atoms with Crippen LogP contribution in [0.4, 0.5) is 29.6 Å². The molecule has 4 N–H and O–H groups in total. The van der Waals surface area contributed by atoms with Gasteiger partial charge in [-0.1, -0.05) is 12.1 Å². The number of nitrogens with zero attached hydrogens (tertiary/aromatic N) is 2. The van der Waals surface area contributed by atoms with Crippen LogP contribution in [0.15, 0.2) is 30.6 Å². The molecule has 0 radical (unpaired) electrons. The molecule has 0 bridgehead atoms. The number of amides is 1. The fraction of sp³-hybridized carbons (Fsp3) is 0.409. The molecule has 176 valence electrons. The number of carbonyl (C=O) groups is 1. The van der Waals surface area contributed by atoms with Crippen molar-refractivity contribution >= 4 is 28.6 Å². The number of H-pyrrole nitrogens is 1. The number of halogens is 3. The Morgan fingerprint density at radius 2 is 2.18 bits per heavy atom. The molecule has 1 fully saturated rings. The summed E-state index contributed by atoms with van der Waals surface area (Å²) in [6.07, 6.45) is 0.0699. The van der Waals surface area contributed by atoms with E-state index in [0.717, 1.165) is 38.5 Å². The van der Waals surface area contributed by atoms with Crippen LogP contribution in [0.25, 0.3) is 22.2 Å². The fourth-order valence-electron chi connectivity index (χ4n) is 4.05. The van der Waals surface area contributed by atoms with Gasteiger partial charge in [0, 0.05) is 29.9 Å². The van der Waals surface area contributed by atoms with Crippen molar-refractivity contribution in [3.05, 3.63) is 36.2 Å². The van der Waals surface area contributed by atoms with Crippen LogP contribution in [0.3, 0.4) is 0 Å². The number of ether oxygens (including phenoxy) is 1. The molecule has 0 spiro atoms. The summed E-state index contributed by atoms with van der Waals surface area (Å²) in [4.78, 5) is 22.7. The maximum Gasteiger partial charge on any atom is 0.419 e. The number of methoxy groups -OCH3 is 1. The summed E-state index contributed by atoms with van der Waals surface area (Å²) in [6, 6.07) is 4.92. The molecule has 1 atom stereocenters. The van der Waals surface area contributed by atoms with Crippen LogP contribution in [0.5, 0.6) is 0 Å². The van der Waals surface area contributed by atoms with Gasteiger partial charge < -0.3 is 20.4 Å². The van der Waals surface area contributed by atoms with Gasteiger partial charge in [0.2, 0.25) is 5.95 Å². The third-order valence-corrected chi connectivity index (χ3v) is 5.72. The second-order valence-corrected chi connectivity index (χ2v) is 7.93. The highest BCUT2D eigenvalue weighted by molar-refractivity contribution is 6.04. The Balaban J connectivity index is 1.65. The van der Waals surface area contributed by atoms with E-state index in [1.165, 1.54) is 13.3 Å². The van der Waals surface area contributed by atoms with Gasteiger partial charge >= 0.3 is 12.3 Å². The van der Waals surface area contributed by atoms with Crippen molar-refractivity contribution in [1.82, 2.24) is 20.3 Å². The van der Waals surface area contributed by atoms with Crippen molar-refractivity contribution in [2.45, 2.75) is 25.4 Å². The highest BCUT2D eigenvalue weighted by atomic mass is 19.4. The van der Waals surface area contributed by atoms with Crippen molar-refractivity contribution in [2.24, 2.45) is 5.92 Å². The highest BCUT2D eigenvalue weighted by Crippen LogP contribution is 2.39. The number of para-hydroxylation sites is 1. The average molecular weight is 462 g/mol. The maximum atomic E-state index is 13.8. The largest absolute Gasteiger partial charge is 0.453 e. The maximum absolute atomic E-state index is 13.8. The Morgan fingerprint density at radius 1 is 1.33 bits per heavy atom. The Kier molecular flexibility index (Phi) is 6.68. The molecule has 0 unspecified atom stereocenters. The number of fused-ring (bicyclic) bond motifs is 1. The Morgan fingerprint density at radius 3 is 2.91 bits per heavy atom. The van der Waals surface area contributed by atoms with E-state index in [4.69, 9.17) is 0 Å². The molecule has 1 aliphatic rings. The number of piperidine rings is 1. The number of anilines is 2. The predicted octanol–water partition coefficient (Wildman–Crippen LogP) is 4.62. The molecule has 33 heavy (non-hydrogen) atoms. The third kappa shape index (κ3) is 5.19. The molecule has 2 aromatic heterocycles. The van der Waals surface area contributed by atoms with E-state index >= 15 is 0 Å². The molecule has 1 saturated heterocycles. The Hall–Kier alpha value is -3.34. The number of rotatable bonds is 6. The van der Waals surface area contributed by atoms with Crippen molar-refractivity contribution in [1.29, 1.82) is 0 Å². The number of aromatic nitrogens is 3. The first-order chi connectivity index (χ1) is 15.9. The molecule has 1 aliphatic heterocycles. The second-order valence-electron chi connectivity index (χ2n) is 7.93. The van der Waals surface area contributed by atoms with E-state index in [-0.39, 0.29) is 17.2 Å². The number of alkyl halides is 3. The first-order valence-corrected chi connectivity index (χ1v) is 10.7. The standard InChI is InChI=1S/C22H25F3N6O2/c1-33-21(32)30-17-6-2-5-14-15(11-28-19(14)17)18-16(22(23,24)25)12-29-20(31-18)27-9-7-13-4-3-8-26-10-13/h2,5-6,11-13,26,28H,3-4,7-10H2,1H3,(H,30,32)(H,27,29,31)/t13-/m1/s1. The van der Waals surface area contributed by atoms with Crippen LogP contribution in [0.2, 0.25) is 0 Å². The summed E-state index contributed by atoms with van der Waals surface area (Å²) in [7, 11) is 1.23. The topological polar surface area (TPSA) is 104 Å². The van der Waals surface area contributed by atoms with Gasteiger partial charge in [0.1, 0.15) is 5.56 Å². The zero-order valence-electron chi connectivity index (χ0n) is 18.1. The monoisotopic (exact) mass is 462 g/mol. The molecule has 3 heterocycles. The first-order valence-electron chi connectivity index (χ1n) is 10.7. The minimum atomic E-state index is -4.63. The predicted molar refractivity (Wildman–Crippen MR) is 119 cm³/mol. The van der Waals surface area contributed by atoms with E-state index in [0.29, 0.717) is 29.1 Å². The van der Waals surface area contributed by atoms with Gasteiger partial charge in [0.25, 0.3) is 0 Å². The van der Waals surface area contributed by atoms with Crippen LogP contribution >= 0.6 is 0 Å². The molecule has 8 nitrogen and oxygen atoms in total. The quantitative estimate of drug-likeness (QED) is 0.426. The molecule has 11 heteroatoms. The van der Waals surface area contributed by atoms with Gasteiger partial charge in [-0.3, -0.25) is 5.32 Å². The number of benzene rings is 1. The van der Waals surface area contributed by atoms with Crippen LogP contribution in [0, 0.1) is 5.92 Å². The molecule has 3 aromatic rings. The summed E-state index contributed by atoms with van der Waals surface area (Å²) >= 11 is 0. The number of hydrogen-bond acceptors (Lipinski definition) is 6. The normalized spacial score (nSPS) is 16.5. The Bertz CT molecular complexity index is 1130. The average Bonchev–Trinajstić information content (AvgIpc) is 3.24. The molecular weight excluding hydrogens is 437 g/mol. The SMILES string of the molecule is COC(=O)Nc1cccc2c(-c3nc(NCC[C@H]4CCCNC4)ncc3C(F)(F)F)c[nH]c12. The van der Waals surface area contributed by atoms with E-state index in [2.05, 4.69) is 35.6 Å².